The lowest BCUT2D eigenvalue weighted by molar-refractivity contribution is -0.140. The van der Waals surface area contributed by atoms with Gasteiger partial charge in [-0.1, -0.05) is 48.4 Å². The molecular formula is C23H30ClN3O4S. The van der Waals surface area contributed by atoms with Gasteiger partial charge in [0.05, 0.1) is 11.4 Å². The molecule has 1 atom stereocenters. The van der Waals surface area contributed by atoms with E-state index in [0.717, 1.165) is 21.9 Å². The summed E-state index contributed by atoms with van der Waals surface area (Å²) in [6.07, 6.45) is 0.770. The first-order valence-electron chi connectivity index (χ1n) is 10.4. The van der Waals surface area contributed by atoms with Crippen molar-refractivity contribution in [2.24, 2.45) is 0 Å². The van der Waals surface area contributed by atoms with Crippen molar-refractivity contribution in [1.82, 2.24) is 14.5 Å². The minimum Gasteiger partial charge on any atom is -0.354 e. The summed E-state index contributed by atoms with van der Waals surface area (Å²) in [5, 5.41) is 3.22. The molecule has 0 aliphatic rings. The van der Waals surface area contributed by atoms with E-state index in [2.05, 4.69) is 5.32 Å². The van der Waals surface area contributed by atoms with Gasteiger partial charge in [-0.25, -0.2) is 8.42 Å². The van der Waals surface area contributed by atoms with E-state index in [0.29, 0.717) is 11.6 Å². The zero-order valence-electron chi connectivity index (χ0n) is 18.8. The van der Waals surface area contributed by atoms with E-state index in [9.17, 15) is 18.0 Å². The molecule has 0 aliphatic carbocycles. The third-order valence-corrected chi connectivity index (χ3v) is 7.14. The lowest BCUT2D eigenvalue weighted by Crippen LogP contribution is -2.50. The fraction of sp³-hybridized carbons (Fsp3) is 0.391. The number of hydrogen-bond acceptors (Lipinski definition) is 4. The summed E-state index contributed by atoms with van der Waals surface area (Å²) in [5.74, 6) is -0.750. The number of hydrogen-bond donors (Lipinski definition) is 1. The number of halogens is 1. The van der Waals surface area contributed by atoms with Crippen LogP contribution < -0.4 is 5.32 Å². The highest BCUT2D eigenvalue weighted by molar-refractivity contribution is 7.89. The zero-order chi connectivity index (χ0) is 23.9. The Morgan fingerprint density at radius 1 is 1.06 bits per heavy atom. The van der Waals surface area contributed by atoms with E-state index < -0.39 is 28.5 Å². The molecule has 0 heterocycles. The number of nitrogens with zero attached hydrogens (tertiary/aromatic N) is 2. The number of benzene rings is 2. The molecule has 0 bridgehead atoms. The molecule has 0 radical (unpaired) electrons. The van der Waals surface area contributed by atoms with Crippen molar-refractivity contribution < 1.29 is 18.0 Å². The molecule has 0 saturated heterocycles. The van der Waals surface area contributed by atoms with Gasteiger partial charge < -0.3 is 10.2 Å². The number of aryl methyl sites for hydroxylation is 1. The molecule has 0 spiro atoms. The van der Waals surface area contributed by atoms with Crippen LogP contribution in [0.2, 0.25) is 5.02 Å². The standard InChI is InChI=1S/C23H30ClN3O4S/c1-5-14-25-23(29)18(3)27(15-19-8-6-17(2)7-9-19)22(28)16-26(4)32(30,31)21-12-10-20(24)11-13-21/h6-13,18H,5,14-16H2,1-4H3,(H,25,29). The predicted octanol–water partition coefficient (Wildman–Crippen LogP) is 3.21. The molecule has 2 aromatic carbocycles. The highest BCUT2D eigenvalue weighted by Crippen LogP contribution is 2.18. The van der Waals surface area contributed by atoms with Crippen LogP contribution in [0.3, 0.4) is 0 Å². The Kier molecular flexibility index (Phi) is 9.24. The van der Waals surface area contributed by atoms with Crippen LogP contribution in [-0.4, -0.2) is 55.6 Å². The van der Waals surface area contributed by atoms with Crippen LogP contribution in [0.4, 0.5) is 0 Å². The van der Waals surface area contributed by atoms with Crippen LogP contribution in [0, 0.1) is 6.92 Å². The largest absolute Gasteiger partial charge is 0.354 e. The number of rotatable bonds is 10. The molecule has 0 aromatic heterocycles. The molecule has 2 amide bonds. The topological polar surface area (TPSA) is 86.8 Å². The van der Waals surface area contributed by atoms with Crippen molar-refractivity contribution >= 4 is 33.4 Å². The van der Waals surface area contributed by atoms with E-state index >= 15 is 0 Å². The Morgan fingerprint density at radius 3 is 2.22 bits per heavy atom. The summed E-state index contributed by atoms with van der Waals surface area (Å²) in [6, 6.07) is 12.6. The van der Waals surface area contributed by atoms with Gasteiger partial charge >= 0.3 is 0 Å². The number of sulfonamides is 1. The van der Waals surface area contributed by atoms with E-state index in [1.54, 1.807) is 6.92 Å². The van der Waals surface area contributed by atoms with Crippen LogP contribution in [0.1, 0.15) is 31.4 Å². The quantitative estimate of drug-likeness (QED) is 0.566. The third kappa shape index (κ3) is 6.79. The molecule has 1 N–H and O–H groups in total. The minimum atomic E-state index is -3.90. The average molecular weight is 480 g/mol. The van der Waals surface area contributed by atoms with E-state index in [1.165, 1.54) is 36.2 Å². The molecule has 9 heteroatoms. The fourth-order valence-corrected chi connectivity index (χ4v) is 4.27. The zero-order valence-corrected chi connectivity index (χ0v) is 20.4. The molecule has 174 valence electrons. The third-order valence-electron chi connectivity index (χ3n) is 5.07. The highest BCUT2D eigenvalue weighted by Gasteiger charge is 2.30. The van der Waals surface area contributed by atoms with E-state index in [1.807, 2.05) is 38.1 Å². The summed E-state index contributed by atoms with van der Waals surface area (Å²) < 4.78 is 26.7. The van der Waals surface area contributed by atoms with Crippen LogP contribution in [0.15, 0.2) is 53.4 Å². The normalized spacial score (nSPS) is 12.4. The minimum absolute atomic E-state index is 0.0380. The Labute approximate surface area is 195 Å². The Hall–Kier alpha value is -2.42. The first-order valence-corrected chi connectivity index (χ1v) is 12.2. The number of amides is 2. The van der Waals surface area contributed by atoms with Gasteiger partial charge in [-0.05, 0) is 50.1 Å². The lowest BCUT2D eigenvalue weighted by atomic mass is 10.1. The number of nitrogens with one attached hydrogen (secondary N) is 1. The second-order valence-corrected chi connectivity index (χ2v) is 10.2. The SMILES string of the molecule is CCCNC(=O)C(C)N(Cc1ccc(C)cc1)C(=O)CN(C)S(=O)(=O)c1ccc(Cl)cc1. The Balaban J connectivity index is 2.24. The van der Waals surface area contributed by atoms with Crippen molar-refractivity contribution in [2.45, 2.75) is 44.7 Å². The van der Waals surface area contributed by atoms with Gasteiger partial charge in [0.1, 0.15) is 6.04 Å². The van der Waals surface area contributed by atoms with Gasteiger partial charge in [0.15, 0.2) is 0 Å². The summed E-state index contributed by atoms with van der Waals surface area (Å²) in [5.41, 5.74) is 1.93. The van der Waals surface area contributed by atoms with E-state index in [4.69, 9.17) is 11.6 Å². The fourth-order valence-electron chi connectivity index (χ4n) is 3.02. The summed E-state index contributed by atoms with van der Waals surface area (Å²) >= 11 is 5.85. The molecular weight excluding hydrogens is 450 g/mol. The van der Waals surface area contributed by atoms with Gasteiger partial charge in [-0.15, -0.1) is 0 Å². The smallest absolute Gasteiger partial charge is 0.243 e. The maximum absolute atomic E-state index is 13.2. The predicted molar refractivity (Wildman–Crippen MR) is 126 cm³/mol. The van der Waals surface area contributed by atoms with Gasteiger partial charge in [0.2, 0.25) is 21.8 Å². The molecule has 2 rings (SSSR count). The second kappa shape index (κ2) is 11.4. The Bertz CT molecular complexity index is 1020. The molecule has 0 aliphatic heterocycles. The molecule has 0 fully saturated rings. The van der Waals surface area contributed by atoms with Crippen LogP contribution >= 0.6 is 11.6 Å². The summed E-state index contributed by atoms with van der Waals surface area (Å²) in [7, 11) is -2.56. The van der Waals surface area contributed by atoms with Crippen LogP contribution in [0.5, 0.6) is 0 Å². The Morgan fingerprint density at radius 2 is 1.66 bits per heavy atom. The first kappa shape index (κ1) is 25.8. The molecule has 0 saturated carbocycles. The summed E-state index contributed by atoms with van der Waals surface area (Å²) in [6.45, 7) is 5.84. The van der Waals surface area contributed by atoms with Gasteiger partial charge in [-0.2, -0.15) is 4.31 Å². The maximum atomic E-state index is 13.2. The maximum Gasteiger partial charge on any atom is 0.243 e. The number of carbonyl (C=O) groups is 2. The molecule has 2 aromatic rings. The first-order chi connectivity index (χ1) is 15.1. The highest BCUT2D eigenvalue weighted by atomic mass is 35.5. The van der Waals surface area contributed by atoms with Gasteiger partial charge in [0, 0.05) is 25.2 Å². The van der Waals surface area contributed by atoms with Crippen molar-refractivity contribution in [3.05, 3.63) is 64.7 Å². The molecule has 32 heavy (non-hydrogen) atoms. The second-order valence-electron chi connectivity index (χ2n) is 7.69. The van der Waals surface area contributed by atoms with Crippen molar-refractivity contribution in [3.63, 3.8) is 0 Å². The average Bonchev–Trinajstić information content (AvgIpc) is 2.76. The number of carbonyl (C=O) groups excluding carboxylic acids is 2. The lowest BCUT2D eigenvalue weighted by Gasteiger charge is -2.30. The number of likely N-dealkylation sites (N-methyl/N-ethyl adjacent to an activating group) is 1. The van der Waals surface area contributed by atoms with Crippen molar-refractivity contribution in [2.75, 3.05) is 20.1 Å². The monoisotopic (exact) mass is 479 g/mol. The van der Waals surface area contributed by atoms with Crippen LogP contribution in [0.25, 0.3) is 0 Å². The van der Waals surface area contributed by atoms with Crippen LogP contribution in [-0.2, 0) is 26.2 Å². The molecule has 7 nitrogen and oxygen atoms in total. The molecule has 1 unspecified atom stereocenters. The van der Waals surface area contributed by atoms with Gasteiger partial charge in [-0.3, -0.25) is 9.59 Å². The van der Waals surface area contributed by atoms with Gasteiger partial charge in [0.25, 0.3) is 0 Å². The van der Waals surface area contributed by atoms with E-state index in [-0.39, 0.29) is 17.3 Å². The summed E-state index contributed by atoms with van der Waals surface area (Å²) in [4.78, 5) is 27.2. The van der Waals surface area contributed by atoms with Crippen molar-refractivity contribution in [3.8, 4) is 0 Å². The van der Waals surface area contributed by atoms with Crippen molar-refractivity contribution in [1.29, 1.82) is 0 Å².